The van der Waals surface area contributed by atoms with Crippen molar-refractivity contribution in [2.75, 3.05) is 7.11 Å². The minimum atomic E-state index is -1.02. The summed E-state index contributed by atoms with van der Waals surface area (Å²) in [6, 6.07) is 1.91. The number of alkyl halides is 1. The van der Waals surface area contributed by atoms with E-state index in [1.807, 2.05) is 6.07 Å². The Bertz CT molecular complexity index is 210. The number of halogens is 1. The molecule has 1 rings (SSSR count). The van der Waals surface area contributed by atoms with Crippen molar-refractivity contribution in [3.8, 4) is 6.07 Å². The molecule has 0 aromatic heterocycles. The summed E-state index contributed by atoms with van der Waals surface area (Å²) < 4.78 is 4.39. The van der Waals surface area contributed by atoms with Crippen LogP contribution in [0.1, 0.15) is 6.42 Å². The van der Waals surface area contributed by atoms with Gasteiger partial charge in [-0.25, -0.2) is 0 Å². The first-order valence-electron chi connectivity index (χ1n) is 2.82. The van der Waals surface area contributed by atoms with Crippen molar-refractivity contribution in [3.05, 3.63) is 0 Å². The van der Waals surface area contributed by atoms with E-state index in [9.17, 15) is 4.79 Å². The lowest BCUT2D eigenvalue weighted by molar-refractivity contribution is -0.141. The van der Waals surface area contributed by atoms with Crippen molar-refractivity contribution in [2.24, 2.45) is 5.92 Å². The number of nitriles is 1. The van der Waals surface area contributed by atoms with Gasteiger partial charge in [-0.3, -0.25) is 4.79 Å². The Morgan fingerprint density at radius 3 is 2.90 bits per heavy atom. The molecule has 4 heteroatoms. The maximum absolute atomic E-state index is 10.8. The molecule has 2 atom stereocenters. The second-order valence-electron chi connectivity index (χ2n) is 2.24. The quantitative estimate of drug-likeness (QED) is 0.418. The maximum Gasteiger partial charge on any atom is 0.328 e. The van der Waals surface area contributed by atoms with E-state index < -0.39 is 10.8 Å². The standard InChI is InChI=1S/C6H6ClNO2/c1-10-5(9)6(7)2-4(6)3-8/h4H,2H2,1H3/t4-,6-/m1/s1. The Labute approximate surface area is 63.5 Å². The molecule has 0 saturated heterocycles. The fourth-order valence-corrected chi connectivity index (χ4v) is 1.06. The summed E-state index contributed by atoms with van der Waals surface area (Å²) in [4.78, 5) is 9.74. The largest absolute Gasteiger partial charge is 0.468 e. The smallest absolute Gasteiger partial charge is 0.328 e. The Morgan fingerprint density at radius 1 is 2.00 bits per heavy atom. The summed E-state index contributed by atoms with van der Waals surface area (Å²) in [6.07, 6.45) is 0.414. The van der Waals surface area contributed by atoms with Gasteiger partial charge in [0, 0.05) is 0 Å². The Balaban J connectivity index is 2.60. The predicted octanol–water partition coefficient (Wildman–Crippen LogP) is 0.680. The second kappa shape index (κ2) is 2.14. The van der Waals surface area contributed by atoms with Crippen LogP contribution in [0, 0.1) is 17.2 Å². The number of carbonyl (C=O) groups excluding carboxylic acids is 1. The molecule has 0 radical (unpaired) electrons. The predicted molar refractivity (Wildman–Crippen MR) is 34.3 cm³/mol. The van der Waals surface area contributed by atoms with Gasteiger partial charge in [-0.05, 0) is 6.42 Å². The zero-order chi connectivity index (χ0) is 7.78. The number of hydrogen-bond acceptors (Lipinski definition) is 3. The van der Waals surface area contributed by atoms with E-state index in [-0.39, 0.29) is 5.92 Å². The van der Waals surface area contributed by atoms with Crippen LogP contribution in [0.25, 0.3) is 0 Å². The third-order valence-electron chi connectivity index (χ3n) is 1.57. The van der Waals surface area contributed by atoms with Crippen LogP contribution in [0.3, 0.4) is 0 Å². The molecule has 1 aliphatic rings. The average molecular weight is 160 g/mol. The second-order valence-corrected chi connectivity index (χ2v) is 2.91. The minimum absolute atomic E-state index is 0.360. The van der Waals surface area contributed by atoms with Gasteiger partial charge in [-0.15, -0.1) is 11.6 Å². The number of nitrogens with zero attached hydrogens (tertiary/aromatic N) is 1. The molecule has 1 fully saturated rings. The fraction of sp³-hybridized carbons (Fsp3) is 0.667. The zero-order valence-electron chi connectivity index (χ0n) is 5.43. The minimum Gasteiger partial charge on any atom is -0.468 e. The molecule has 0 heterocycles. The van der Waals surface area contributed by atoms with Crippen LogP contribution in [0.5, 0.6) is 0 Å². The molecule has 0 aromatic rings. The number of hydrogen-bond donors (Lipinski definition) is 0. The first-order chi connectivity index (χ1) is 4.65. The third-order valence-corrected chi connectivity index (χ3v) is 2.15. The van der Waals surface area contributed by atoms with Crippen LogP contribution in [0.4, 0.5) is 0 Å². The number of carbonyl (C=O) groups is 1. The summed E-state index contributed by atoms with van der Waals surface area (Å²) in [6.45, 7) is 0. The van der Waals surface area contributed by atoms with Crippen LogP contribution >= 0.6 is 11.6 Å². The molecule has 0 aliphatic heterocycles. The monoisotopic (exact) mass is 159 g/mol. The number of rotatable bonds is 1. The van der Waals surface area contributed by atoms with E-state index in [0.29, 0.717) is 6.42 Å². The number of methoxy groups -OCH3 is 1. The molecule has 3 nitrogen and oxygen atoms in total. The van der Waals surface area contributed by atoms with Crippen LogP contribution in [-0.2, 0) is 9.53 Å². The molecule has 0 aromatic carbocycles. The lowest BCUT2D eigenvalue weighted by Crippen LogP contribution is -2.19. The lowest BCUT2D eigenvalue weighted by Gasteiger charge is -2.01. The average Bonchev–Trinajstić information content (AvgIpc) is 2.61. The van der Waals surface area contributed by atoms with Crippen molar-refractivity contribution in [3.63, 3.8) is 0 Å². The molecule has 54 valence electrons. The van der Waals surface area contributed by atoms with Crippen molar-refractivity contribution in [1.29, 1.82) is 5.26 Å². The van der Waals surface area contributed by atoms with Gasteiger partial charge >= 0.3 is 5.97 Å². The van der Waals surface area contributed by atoms with E-state index in [0.717, 1.165) is 0 Å². The lowest BCUT2D eigenvalue weighted by atomic mass is 10.3. The van der Waals surface area contributed by atoms with Gasteiger partial charge in [0.1, 0.15) is 0 Å². The van der Waals surface area contributed by atoms with Gasteiger partial charge in [0.05, 0.1) is 19.1 Å². The van der Waals surface area contributed by atoms with Crippen molar-refractivity contribution < 1.29 is 9.53 Å². The molecule has 1 aliphatic carbocycles. The van der Waals surface area contributed by atoms with Gasteiger partial charge in [0.15, 0.2) is 4.87 Å². The first-order valence-corrected chi connectivity index (χ1v) is 3.20. The molecular weight excluding hydrogens is 154 g/mol. The highest BCUT2D eigenvalue weighted by Gasteiger charge is 2.60. The molecule has 0 spiro atoms. The van der Waals surface area contributed by atoms with Gasteiger partial charge in [0.25, 0.3) is 0 Å². The number of ether oxygens (including phenoxy) is 1. The normalized spacial score (nSPS) is 36.3. The Morgan fingerprint density at radius 2 is 2.60 bits per heavy atom. The highest BCUT2D eigenvalue weighted by molar-refractivity contribution is 6.37. The van der Waals surface area contributed by atoms with Crippen molar-refractivity contribution >= 4 is 17.6 Å². The highest BCUT2D eigenvalue weighted by Crippen LogP contribution is 2.49. The van der Waals surface area contributed by atoms with Crippen LogP contribution in [0.2, 0.25) is 0 Å². The fourth-order valence-electron chi connectivity index (χ4n) is 0.781. The third kappa shape index (κ3) is 0.850. The van der Waals surface area contributed by atoms with Crippen LogP contribution in [-0.4, -0.2) is 18.0 Å². The van der Waals surface area contributed by atoms with Gasteiger partial charge in [-0.2, -0.15) is 5.26 Å². The van der Waals surface area contributed by atoms with Gasteiger partial charge in [0.2, 0.25) is 0 Å². The zero-order valence-corrected chi connectivity index (χ0v) is 6.18. The van der Waals surface area contributed by atoms with Crippen LogP contribution < -0.4 is 0 Å². The van der Waals surface area contributed by atoms with E-state index >= 15 is 0 Å². The van der Waals surface area contributed by atoms with E-state index in [4.69, 9.17) is 16.9 Å². The summed E-state index contributed by atoms with van der Waals surface area (Å²) in [5.74, 6) is -0.859. The topological polar surface area (TPSA) is 50.1 Å². The SMILES string of the molecule is COC(=O)[C@@]1(Cl)C[C@@H]1C#N. The molecule has 0 bridgehead atoms. The molecule has 10 heavy (non-hydrogen) atoms. The van der Waals surface area contributed by atoms with E-state index in [2.05, 4.69) is 4.74 Å². The summed E-state index contributed by atoms with van der Waals surface area (Å²) in [5, 5.41) is 8.34. The summed E-state index contributed by atoms with van der Waals surface area (Å²) in [7, 11) is 1.26. The Hall–Kier alpha value is -0.750. The first kappa shape index (κ1) is 7.36. The molecule has 0 N–H and O–H groups in total. The van der Waals surface area contributed by atoms with Crippen LogP contribution in [0.15, 0.2) is 0 Å². The summed E-state index contributed by atoms with van der Waals surface area (Å²) in [5.41, 5.74) is 0. The van der Waals surface area contributed by atoms with Crippen molar-refractivity contribution in [2.45, 2.75) is 11.3 Å². The van der Waals surface area contributed by atoms with E-state index in [1.165, 1.54) is 7.11 Å². The molecular formula is C6H6ClNO2. The Kier molecular flexibility index (Phi) is 1.57. The van der Waals surface area contributed by atoms with Crippen molar-refractivity contribution in [1.82, 2.24) is 0 Å². The molecule has 1 saturated carbocycles. The van der Waals surface area contributed by atoms with Gasteiger partial charge < -0.3 is 4.74 Å². The van der Waals surface area contributed by atoms with E-state index in [1.54, 1.807) is 0 Å². The molecule has 0 amide bonds. The maximum atomic E-state index is 10.8. The highest BCUT2D eigenvalue weighted by atomic mass is 35.5. The number of esters is 1. The molecule has 0 unspecified atom stereocenters. The summed E-state index contributed by atoms with van der Waals surface area (Å²) >= 11 is 5.66. The van der Waals surface area contributed by atoms with Gasteiger partial charge in [-0.1, -0.05) is 0 Å².